The minimum Gasteiger partial charge on any atom is -0.494 e. The lowest BCUT2D eigenvalue weighted by atomic mass is 10.1. The zero-order valence-corrected chi connectivity index (χ0v) is 16.2. The van der Waals surface area contributed by atoms with Crippen molar-refractivity contribution in [2.75, 3.05) is 12.0 Å². The number of pyridine rings is 1. The molecule has 140 valence electrons. The van der Waals surface area contributed by atoms with Crippen LogP contribution in [0, 0.1) is 0 Å². The number of aromatic nitrogens is 1. The van der Waals surface area contributed by atoms with Crippen LogP contribution in [0.25, 0.3) is 0 Å². The second kappa shape index (κ2) is 12.3. The third-order valence-corrected chi connectivity index (χ3v) is 4.36. The molecule has 0 amide bonds. The van der Waals surface area contributed by atoms with Crippen LogP contribution in [-0.2, 0) is 0 Å². The zero-order chi connectivity index (χ0) is 18.5. The number of benzene rings is 1. The lowest BCUT2D eigenvalue weighted by molar-refractivity contribution is 0.304. The van der Waals surface area contributed by atoms with E-state index in [-0.39, 0.29) is 0 Å². The van der Waals surface area contributed by atoms with Gasteiger partial charge >= 0.3 is 0 Å². The van der Waals surface area contributed by atoms with Crippen molar-refractivity contribution in [1.82, 2.24) is 4.98 Å². The van der Waals surface area contributed by atoms with Crippen LogP contribution in [0.2, 0.25) is 5.02 Å². The Morgan fingerprint density at radius 3 is 2.62 bits per heavy atom. The van der Waals surface area contributed by atoms with Crippen LogP contribution in [0.5, 0.6) is 5.75 Å². The molecule has 0 fully saturated rings. The van der Waals surface area contributed by atoms with Gasteiger partial charge in [0.25, 0.3) is 0 Å². The molecule has 0 atom stereocenters. The molecule has 0 radical (unpaired) electrons. The van der Waals surface area contributed by atoms with Gasteiger partial charge in [0.1, 0.15) is 11.6 Å². The third kappa shape index (κ3) is 7.87. The molecule has 26 heavy (non-hydrogen) atoms. The number of unbranched alkanes of at least 4 members (excludes halogenated alkanes) is 6. The number of ether oxygens (including phenoxy) is 1. The van der Waals surface area contributed by atoms with Gasteiger partial charge in [-0.3, -0.25) is 5.43 Å². The normalized spacial score (nSPS) is 11.0. The molecule has 1 aromatic heterocycles. The van der Waals surface area contributed by atoms with E-state index in [1.165, 1.54) is 38.5 Å². The molecule has 1 N–H and O–H groups in total. The lowest BCUT2D eigenvalue weighted by Gasteiger charge is -2.08. The summed E-state index contributed by atoms with van der Waals surface area (Å²) in [5.41, 5.74) is 3.70. The highest BCUT2D eigenvalue weighted by Gasteiger charge is 2.01. The number of hydrogen-bond acceptors (Lipinski definition) is 4. The Hall–Kier alpha value is -2.07. The molecule has 0 aliphatic carbocycles. The highest BCUT2D eigenvalue weighted by Crippen LogP contribution is 2.22. The minimum atomic E-state index is 0.619. The summed E-state index contributed by atoms with van der Waals surface area (Å²) in [6.07, 6.45) is 12.3. The van der Waals surface area contributed by atoms with Gasteiger partial charge in [0.15, 0.2) is 0 Å². The number of halogens is 1. The Balaban J connectivity index is 1.69. The van der Waals surface area contributed by atoms with Gasteiger partial charge < -0.3 is 4.74 Å². The van der Waals surface area contributed by atoms with E-state index in [1.54, 1.807) is 12.4 Å². The SMILES string of the molecule is CCCCCCCCCOc1ccc(/C=N/Nc2ccccn2)c(Cl)c1. The van der Waals surface area contributed by atoms with Gasteiger partial charge in [-0.25, -0.2) is 4.98 Å². The van der Waals surface area contributed by atoms with E-state index in [1.807, 2.05) is 36.4 Å². The average molecular weight is 374 g/mol. The number of hydrogen-bond donors (Lipinski definition) is 1. The average Bonchev–Trinajstić information content (AvgIpc) is 2.66. The lowest BCUT2D eigenvalue weighted by Crippen LogP contribution is -1.98. The molecule has 1 heterocycles. The van der Waals surface area contributed by atoms with Crippen molar-refractivity contribution < 1.29 is 4.74 Å². The molecular weight excluding hydrogens is 346 g/mol. The van der Waals surface area contributed by atoms with Gasteiger partial charge in [-0.15, -0.1) is 0 Å². The van der Waals surface area contributed by atoms with Crippen LogP contribution >= 0.6 is 11.6 Å². The first-order valence-corrected chi connectivity index (χ1v) is 9.80. The maximum atomic E-state index is 6.31. The first-order valence-electron chi connectivity index (χ1n) is 9.42. The third-order valence-electron chi connectivity index (χ3n) is 4.04. The smallest absolute Gasteiger partial charge is 0.146 e. The second-order valence-corrected chi connectivity index (χ2v) is 6.65. The van der Waals surface area contributed by atoms with Crippen molar-refractivity contribution >= 4 is 23.6 Å². The van der Waals surface area contributed by atoms with E-state index in [2.05, 4.69) is 22.4 Å². The van der Waals surface area contributed by atoms with Crippen molar-refractivity contribution in [3.05, 3.63) is 53.2 Å². The highest BCUT2D eigenvalue weighted by molar-refractivity contribution is 6.33. The molecule has 0 spiro atoms. The van der Waals surface area contributed by atoms with Crippen LogP contribution in [-0.4, -0.2) is 17.8 Å². The van der Waals surface area contributed by atoms with Gasteiger partial charge in [0.05, 0.1) is 17.8 Å². The molecule has 1 aromatic carbocycles. The van der Waals surface area contributed by atoms with Crippen LogP contribution in [0.1, 0.15) is 57.4 Å². The Kier molecular flexibility index (Phi) is 9.59. The monoisotopic (exact) mass is 373 g/mol. The summed E-state index contributed by atoms with van der Waals surface area (Å²) >= 11 is 6.31. The molecule has 4 nitrogen and oxygen atoms in total. The molecule has 2 aromatic rings. The first-order chi connectivity index (χ1) is 12.8. The number of nitrogens with one attached hydrogen (secondary N) is 1. The summed E-state index contributed by atoms with van der Waals surface area (Å²) in [7, 11) is 0. The molecule has 0 bridgehead atoms. The number of nitrogens with zero attached hydrogens (tertiary/aromatic N) is 2. The Labute approximate surface area is 161 Å². The minimum absolute atomic E-state index is 0.619. The summed E-state index contributed by atoms with van der Waals surface area (Å²) in [5, 5.41) is 4.78. The van der Waals surface area contributed by atoms with Crippen LogP contribution < -0.4 is 10.2 Å². The highest BCUT2D eigenvalue weighted by atomic mass is 35.5. The van der Waals surface area contributed by atoms with Gasteiger partial charge in [0.2, 0.25) is 0 Å². The van der Waals surface area contributed by atoms with Crippen molar-refractivity contribution in [3.63, 3.8) is 0 Å². The fourth-order valence-corrected chi connectivity index (χ4v) is 2.77. The summed E-state index contributed by atoms with van der Waals surface area (Å²) in [6, 6.07) is 11.3. The van der Waals surface area contributed by atoms with E-state index < -0.39 is 0 Å². The largest absolute Gasteiger partial charge is 0.494 e. The maximum absolute atomic E-state index is 6.31. The quantitative estimate of drug-likeness (QED) is 0.269. The van der Waals surface area contributed by atoms with Gasteiger partial charge in [-0.05, 0) is 36.8 Å². The predicted molar refractivity (Wildman–Crippen MR) is 110 cm³/mol. The van der Waals surface area contributed by atoms with Gasteiger partial charge in [-0.2, -0.15) is 5.10 Å². The molecule has 0 saturated carbocycles. The molecule has 0 saturated heterocycles. The first kappa shape index (κ1) is 20.2. The summed E-state index contributed by atoms with van der Waals surface area (Å²) in [5.74, 6) is 1.49. The van der Waals surface area contributed by atoms with E-state index in [4.69, 9.17) is 16.3 Å². The fourth-order valence-electron chi connectivity index (χ4n) is 2.55. The molecule has 2 rings (SSSR count). The van der Waals surface area contributed by atoms with E-state index in [0.717, 1.165) is 24.3 Å². The molecule has 0 aliphatic rings. The van der Waals surface area contributed by atoms with Crippen molar-refractivity contribution in [2.24, 2.45) is 5.10 Å². The van der Waals surface area contributed by atoms with E-state index in [9.17, 15) is 0 Å². The number of rotatable bonds is 12. The Morgan fingerprint density at radius 2 is 1.88 bits per heavy atom. The summed E-state index contributed by atoms with van der Waals surface area (Å²) < 4.78 is 5.79. The van der Waals surface area contributed by atoms with Crippen molar-refractivity contribution in [2.45, 2.75) is 51.9 Å². The zero-order valence-electron chi connectivity index (χ0n) is 15.5. The maximum Gasteiger partial charge on any atom is 0.146 e. The van der Waals surface area contributed by atoms with E-state index in [0.29, 0.717) is 10.8 Å². The predicted octanol–water partition coefficient (Wildman–Crippen LogP) is 6.31. The van der Waals surface area contributed by atoms with E-state index >= 15 is 0 Å². The number of anilines is 1. The van der Waals surface area contributed by atoms with Crippen LogP contribution in [0.4, 0.5) is 5.82 Å². The second-order valence-electron chi connectivity index (χ2n) is 6.24. The Morgan fingerprint density at radius 1 is 1.08 bits per heavy atom. The molecule has 0 aliphatic heterocycles. The summed E-state index contributed by atoms with van der Waals surface area (Å²) in [6.45, 7) is 2.98. The standard InChI is InChI=1S/C21H28ClN3O/c1-2-3-4-5-6-7-10-15-26-19-13-12-18(20(22)16-19)17-24-25-21-11-8-9-14-23-21/h8-9,11-14,16-17H,2-7,10,15H2,1H3,(H,23,25)/b24-17+. The van der Waals surface area contributed by atoms with Crippen LogP contribution in [0.15, 0.2) is 47.7 Å². The molecule has 0 unspecified atom stereocenters. The van der Waals surface area contributed by atoms with Gasteiger partial charge in [-0.1, -0.05) is 63.1 Å². The summed E-state index contributed by atoms with van der Waals surface area (Å²) in [4.78, 5) is 4.14. The van der Waals surface area contributed by atoms with Crippen molar-refractivity contribution in [3.8, 4) is 5.75 Å². The molecule has 5 heteroatoms. The van der Waals surface area contributed by atoms with Gasteiger partial charge in [0, 0.05) is 11.8 Å². The fraction of sp³-hybridized carbons (Fsp3) is 0.429. The number of hydrazone groups is 1. The molecular formula is C21H28ClN3O. The Bertz CT molecular complexity index is 662. The van der Waals surface area contributed by atoms with Crippen molar-refractivity contribution in [1.29, 1.82) is 0 Å². The van der Waals surface area contributed by atoms with Crippen LogP contribution in [0.3, 0.4) is 0 Å². The topological polar surface area (TPSA) is 46.5 Å².